The molecular weight excluding hydrogens is 332 g/mol. The van der Waals surface area contributed by atoms with Crippen LogP contribution in [0.1, 0.15) is 32.1 Å². The van der Waals surface area contributed by atoms with Crippen molar-refractivity contribution >= 4 is 23.5 Å². The van der Waals surface area contributed by atoms with Crippen molar-refractivity contribution in [1.82, 2.24) is 9.80 Å². The van der Waals surface area contributed by atoms with Crippen molar-refractivity contribution in [2.45, 2.75) is 56.4 Å². The average Bonchev–Trinajstić information content (AvgIpc) is 2.60. The Morgan fingerprint density at radius 3 is 2.79 bits per heavy atom. The average molecular weight is 357 g/mol. The van der Waals surface area contributed by atoms with E-state index in [4.69, 9.17) is 16.3 Å². The van der Waals surface area contributed by atoms with Crippen LogP contribution in [0.25, 0.3) is 0 Å². The first kappa shape index (κ1) is 16.6. The summed E-state index contributed by atoms with van der Waals surface area (Å²) in [6.07, 6.45) is 3.09. The molecule has 0 saturated carbocycles. The molecule has 4 aliphatic rings. The quantitative estimate of drug-likeness (QED) is 0.579. The second-order valence-electron chi connectivity index (χ2n) is 7.64. The number of hydrogen-bond acceptors (Lipinski definition) is 5. The molecule has 4 fully saturated rings. The largest absolute Gasteiger partial charge is 0.449 e. The molecule has 6 nitrogen and oxygen atoms in total. The molecule has 4 saturated heterocycles. The van der Waals surface area contributed by atoms with Crippen LogP contribution < -0.4 is 0 Å². The SMILES string of the molecule is O=C(CCl)OC1C(=O)N2CC3CCCN4CCCC(C34)C2CC1O. The molecule has 6 unspecified atom stereocenters. The Hall–Kier alpha value is -0.850. The lowest BCUT2D eigenvalue weighted by Crippen LogP contribution is -2.70. The highest BCUT2D eigenvalue weighted by atomic mass is 35.5. The number of ether oxygens (including phenoxy) is 1. The zero-order chi connectivity index (χ0) is 16.8. The number of fused-ring (bicyclic) bond motifs is 2. The number of carbonyl (C=O) groups excluding carboxylic acids is 2. The van der Waals surface area contributed by atoms with Gasteiger partial charge in [-0.2, -0.15) is 0 Å². The molecule has 6 atom stereocenters. The monoisotopic (exact) mass is 356 g/mol. The minimum atomic E-state index is -1.09. The van der Waals surface area contributed by atoms with Crippen LogP contribution in [0.2, 0.25) is 0 Å². The summed E-state index contributed by atoms with van der Waals surface area (Å²) in [6, 6.07) is 0.622. The Labute approximate surface area is 147 Å². The fourth-order valence-corrected chi connectivity index (χ4v) is 5.61. The first-order chi connectivity index (χ1) is 11.6. The second kappa shape index (κ2) is 6.46. The maximum absolute atomic E-state index is 12.9. The molecule has 0 aromatic heterocycles. The Morgan fingerprint density at radius 1 is 1.29 bits per heavy atom. The minimum absolute atomic E-state index is 0.0700. The summed E-state index contributed by atoms with van der Waals surface area (Å²) in [5.41, 5.74) is 0. The van der Waals surface area contributed by atoms with Crippen LogP contribution in [0, 0.1) is 11.8 Å². The molecule has 1 amide bonds. The van der Waals surface area contributed by atoms with E-state index in [1.54, 1.807) is 0 Å². The van der Waals surface area contributed by atoms with Crippen LogP contribution in [0.3, 0.4) is 0 Å². The predicted octanol–water partition coefficient (Wildman–Crippen LogP) is 0.603. The highest BCUT2D eigenvalue weighted by molar-refractivity contribution is 6.26. The van der Waals surface area contributed by atoms with E-state index in [0.717, 1.165) is 38.9 Å². The molecule has 4 aliphatic heterocycles. The number of carbonyl (C=O) groups is 2. The number of aliphatic hydroxyl groups is 1. The molecule has 0 aliphatic carbocycles. The lowest BCUT2D eigenvalue weighted by Gasteiger charge is -2.59. The molecule has 134 valence electrons. The highest BCUT2D eigenvalue weighted by Gasteiger charge is 2.54. The van der Waals surface area contributed by atoms with Crippen LogP contribution in [0.15, 0.2) is 0 Å². The predicted molar refractivity (Wildman–Crippen MR) is 87.5 cm³/mol. The van der Waals surface area contributed by atoms with Crippen molar-refractivity contribution in [3.05, 3.63) is 0 Å². The highest BCUT2D eigenvalue weighted by Crippen LogP contribution is 2.45. The van der Waals surface area contributed by atoms with Gasteiger partial charge in [-0.05, 0) is 57.0 Å². The smallest absolute Gasteiger partial charge is 0.321 e. The number of nitrogens with zero attached hydrogens (tertiary/aromatic N) is 2. The van der Waals surface area contributed by atoms with Crippen molar-refractivity contribution in [2.24, 2.45) is 11.8 Å². The summed E-state index contributed by atoms with van der Waals surface area (Å²) < 4.78 is 5.13. The van der Waals surface area contributed by atoms with Gasteiger partial charge in [-0.25, -0.2) is 0 Å². The number of rotatable bonds is 2. The molecule has 0 bridgehead atoms. The van der Waals surface area contributed by atoms with Gasteiger partial charge in [0.15, 0.2) is 0 Å². The van der Waals surface area contributed by atoms with Crippen LogP contribution >= 0.6 is 11.6 Å². The van der Waals surface area contributed by atoms with E-state index in [0.29, 0.717) is 24.3 Å². The number of piperidine rings is 4. The standard InChI is InChI=1S/C17H25ClN2O4/c18-8-14(22)24-16-13(21)7-12-11-4-2-6-19-5-1-3-10(15(11)19)9-20(12)17(16)23/h10-13,15-16,21H,1-9H2. The van der Waals surface area contributed by atoms with Gasteiger partial charge < -0.3 is 14.7 Å². The Balaban J connectivity index is 1.58. The van der Waals surface area contributed by atoms with E-state index in [2.05, 4.69) is 4.90 Å². The Morgan fingerprint density at radius 2 is 2.04 bits per heavy atom. The lowest BCUT2D eigenvalue weighted by molar-refractivity contribution is -0.186. The minimum Gasteiger partial charge on any atom is -0.449 e. The van der Waals surface area contributed by atoms with Gasteiger partial charge in [0.25, 0.3) is 5.91 Å². The number of aliphatic hydroxyl groups excluding tert-OH is 1. The number of halogens is 1. The van der Waals surface area contributed by atoms with Gasteiger partial charge in [0.05, 0.1) is 0 Å². The van der Waals surface area contributed by atoms with Crippen molar-refractivity contribution in [3.63, 3.8) is 0 Å². The van der Waals surface area contributed by atoms with Crippen LogP contribution in [0.4, 0.5) is 0 Å². The van der Waals surface area contributed by atoms with E-state index in [9.17, 15) is 14.7 Å². The number of alkyl halides is 1. The summed E-state index contributed by atoms with van der Waals surface area (Å²) >= 11 is 5.48. The first-order valence-electron chi connectivity index (χ1n) is 9.08. The van der Waals surface area contributed by atoms with Crippen LogP contribution in [-0.2, 0) is 14.3 Å². The number of hydrogen-bond donors (Lipinski definition) is 1. The van der Waals surface area contributed by atoms with E-state index < -0.39 is 18.2 Å². The summed E-state index contributed by atoms with van der Waals surface area (Å²) in [6.45, 7) is 3.05. The van der Waals surface area contributed by atoms with E-state index in [1.807, 2.05) is 4.90 Å². The Kier molecular flexibility index (Phi) is 4.47. The third kappa shape index (κ3) is 2.63. The van der Waals surface area contributed by atoms with Gasteiger partial charge in [-0.3, -0.25) is 14.5 Å². The summed E-state index contributed by atoms with van der Waals surface area (Å²) in [7, 11) is 0. The summed E-state index contributed by atoms with van der Waals surface area (Å²) in [5, 5.41) is 10.4. The van der Waals surface area contributed by atoms with Gasteiger partial charge in [0.2, 0.25) is 6.10 Å². The van der Waals surface area contributed by atoms with E-state index in [-0.39, 0.29) is 17.8 Å². The number of esters is 1. The maximum atomic E-state index is 12.9. The third-order valence-corrected chi connectivity index (χ3v) is 6.62. The van der Waals surface area contributed by atoms with E-state index >= 15 is 0 Å². The fourth-order valence-electron chi connectivity index (χ4n) is 5.55. The van der Waals surface area contributed by atoms with Gasteiger partial charge in [-0.1, -0.05) is 0 Å². The van der Waals surface area contributed by atoms with Gasteiger partial charge in [0.1, 0.15) is 12.0 Å². The van der Waals surface area contributed by atoms with Gasteiger partial charge >= 0.3 is 5.97 Å². The van der Waals surface area contributed by atoms with E-state index in [1.165, 1.54) is 6.42 Å². The normalized spacial score (nSPS) is 42.2. The zero-order valence-electron chi connectivity index (χ0n) is 13.8. The lowest BCUT2D eigenvalue weighted by atomic mass is 9.67. The molecule has 0 spiro atoms. The third-order valence-electron chi connectivity index (χ3n) is 6.40. The van der Waals surface area contributed by atoms with Crippen molar-refractivity contribution in [1.29, 1.82) is 0 Å². The van der Waals surface area contributed by atoms with Crippen molar-refractivity contribution in [2.75, 3.05) is 25.5 Å². The maximum Gasteiger partial charge on any atom is 0.321 e. The molecule has 0 aromatic rings. The summed E-state index contributed by atoms with van der Waals surface area (Å²) in [5.74, 6) is -0.255. The molecule has 0 aromatic carbocycles. The van der Waals surface area contributed by atoms with Crippen molar-refractivity contribution in [3.8, 4) is 0 Å². The molecule has 4 heterocycles. The molecule has 4 rings (SSSR count). The van der Waals surface area contributed by atoms with Gasteiger partial charge in [0, 0.05) is 18.6 Å². The zero-order valence-corrected chi connectivity index (χ0v) is 14.5. The van der Waals surface area contributed by atoms with Crippen molar-refractivity contribution < 1.29 is 19.4 Å². The topological polar surface area (TPSA) is 70.1 Å². The second-order valence-corrected chi connectivity index (χ2v) is 7.91. The van der Waals surface area contributed by atoms with Crippen LogP contribution in [0.5, 0.6) is 0 Å². The summed E-state index contributed by atoms with van der Waals surface area (Å²) in [4.78, 5) is 28.9. The molecule has 7 heteroatoms. The van der Waals surface area contributed by atoms with Gasteiger partial charge in [-0.15, -0.1) is 11.6 Å². The Bertz CT molecular complexity index is 529. The number of amides is 1. The molecular formula is C17H25ClN2O4. The fraction of sp³-hybridized carbons (Fsp3) is 0.882. The molecule has 24 heavy (non-hydrogen) atoms. The van der Waals surface area contributed by atoms with Crippen LogP contribution in [-0.4, -0.2) is 76.6 Å². The molecule has 0 radical (unpaired) electrons. The molecule has 1 N–H and O–H groups in total. The first-order valence-corrected chi connectivity index (χ1v) is 9.61.